The summed E-state index contributed by atoms with van der Waals surface area (Å²) in [6.07, 6.45) is 2.95. The Morgan fingerprint density at radius 3 is 1.14 bits per heavy atom. The summed E-state index contributed by atoms with van der Waals surface area (Å²) < 4.78 is 153. The smallest absolute Gasteiger partial charge is 0.234 e. The van der Waals surface area contributed by atoms with Gasteiger partial charge in [0, 0.05) is 9.84 Å². The fourth-order valence-corrected chi connectivity index (χ4v) is 5.28. The van der Waals surface area contributed by atoms with Crippen molar-refractivity contribution in [2.45, 2.75) is 35.4 Å². The normalized spacial score (nSPS) is 23.1. The Balaban J connectivity index is 1.91. The fourth-order valence-electron chi connectivity index (χ4n) is 4.56. The Kier molecular flexibility index (Phi) is 7.32. The van der Waals surface area contributed by atoms with Gasteiger partial charge in [0.05, 0.1) is 24.3 Å². The highest BCUT2D eigenvalue weighted by atomic mass is 127. The molecule has 0 N–H and O–H groups in total. The molecule has 0 amide bonds. The number of halogens is 11. The van der Waals surface area contributed by atoms with Crippen LogP contribution in [0.25, 0.3) is 0 Å². The predicted octanol–water partition coefficient (Wildman–Crippen LogP) is 6.94. The van der Waals surface area contributed by atoms with Gasteiger partial charge in [-0.3, -0.25) is 0 Å². The SMILES string of the molecule is Fc1c(F)c(F)c(C2(c3c(F)c(F)c(F)c(F)c3F)OCC(C3CCC(I)CC3)CO2)c(F)c1F. The van der Waals surface area contributed by atoms with Crippen LogP contribution in [0.15, 0.2) is 0 Å². The molecule has 35 heavy (non-hydrogen) atoms. The molecule has 1 aliphatic carbocycles. The molecule has 0 aromatic heterocycles. The number of hydrogen-bond donors (Lipinski definition) is 0. The third-order valence-electron chi connectivity index (χ3n) is 6.45. The first-order valence-corrected chi connectivity index (χ1v) is 11.6. The minimum atomic E-state index is -3.65. The second kappa shape index (κ2) is 9.69. The Morgan fingerprint density at radius 2 is 0.800 bits per heavy atom. The van der Waals surface area contributed by atoms with E-state index < -0.39 is 94.2 Å². The molecular weight excluding hydrogens is 613 g/mol. The van der Waals surface area contributed by atoms with Crippen molar-refractivity contribution in [3.63, 3.8) is 0 Å². The van der Waals surface area contributed by atoms with Crippen LogP contribution in [-0.2, 0) is 15.3 Å². The van der Waals surface area contributed by atoms with Crippen molar-refractivity contribution in [2.75, 3.05) is 13.2 Å². The molecular formula is C22H15F10IO2. The van der Waals surface area contributed by atoms with E-state index in [9.17, 15) is 43.9 Å². The lowest BCUT2D eigenvalue weighted by Crippen LogP contribution is -2.48. The molecule has 13 heteroatoms. The van der Waals surface area contributed by atoms with E-state index in [0.29, 0.717) is 16.8 Å². The topological polar surface area (TPSA) is 18.5 Å². The second-order valence-corrected chi connectivity index (χ2v) is 10.2. The van der Waals surface area contributed by atoms with Crippen LogP contribution in [0.5, 0.6) is 0 Å². The minimum Gasteiger partial charge on any atom is -0.341 e. The summed E-state index contributed by atoms with van der Waals surface area (Å²) in [7, 11) is 0. The molecule has 4 rings (SSSR count). The van der Waals surface area contributed by atoms with Crippen molar-refractivity contribution in [1.29, 1.82) is 0 Å². The molecule has 192 valence electrons. The maximum absolute atomic E-state index is 14.8. The van der Waals surface area contributed by atoms with E-state index in [-0.39, 0.29) is 5.92 Å². The molecule has 0 unspecified atom stereocenters. The largest absolute Gasteiger partial charge is 0.341 e. The molecule has 0 bridgehead atoms. The zero-order chi connectivity index (χ0) is 25.8. The number of ether oxygens (including phenoxy) is 2. The molecule has 2 fully saturated rings. The third kappa shape index (κ3) is 4.20. The van der Waals surface area contributed by atoms with Crippen molar-refractivity contribution in [3.05, 3.63) is 69.3 Å². The van der Waals surface area contributed by atoms with Gasteiger partial charge in [-0.25, -0.2) is 43.9 Å². The van der Waals surface area contributed by atoms with Gasteiger partial charge in [0.1, 0.15) is 0 Å². The first-order chi connectivity index (χ1) is 16.4. The monoisotopic (exact) mass is 628 g/mol. The van der Waals surface area contributed by atoms with Gasteiger partial charge in [-0.05, 0) is 31.6 Å². The predicted molar refractivity (Wildman–Crippen MR) is 108 cm³/mol. The van der Waals surface area contributed by atoms with E-state index in [0.717, 1.165) is 12.8 Å². The highest BCUT2D eigenvalue weighted by molar-refractivity contribution is 14.1. The van der Waals surface area contributed by atoms with Crippen molar-refractivity contribution < 1.29 is 53.4 Å². The Bertz CT molecular complexity index is 1030. The zero-order valence-electron chi connectivity index (χ0n) is 17.4. The summed E-state index contributed by atoms with van der Waals surface area (Å²) in [6, 6.07) is 0. The van der Waals surface area contributed by atoms with E-state index in [4.69, 9.17) is 9.47 Å². The van der Waals surface area contributed by atoms with Crippen LogP contribution in [0.4, 0.5) is 43.9 Å². The summed E-state index contributed by atoms with van der Waals surface area (Å²) in [5.41, 5.74) is -4.04. The molecule has 2 aromatic rings. The maximum Gasteiger partial charge on any atom is 0.234 e. The van der Waals surface area contributed by atoms with Crippen LogP contribution < -0.4 is 0 Å². The minimum absolute atomic E-state index is 0.0771. The van der Waals surface area contributed by atoms with Gasteiger partial charge < -0.3 is 9.47 Å². The van der Waals surface area contributed by atoms with Crippen LogP contribution in [0.2, 0.25) is 0 Å². The Morgan fingerprint density at radius 1 is 0.486 bits per heavy atom. The zero-order valence-corrected chi connectivity index (χ0v) is 19.6. The average molecular weight is 628 g/mol. The number of benzene rings is 2. The van der Waals surface area contributed by atoms with Crippen molar-refractivity contribution >= 4 is 22.6 Å². The molecule has 1 heterocycles. The quantitative estimate of drug-likeness (QED) is 0.121. The molecule has 1 saturated heterocycles. The van der Waals surface area contributed by atoms with Gasteiger partial charge in [-0.15, -0.1) is 0 Å². The van der Waals surface area contributed by atoms with Gasteiger partial charge in [-0.1, -0.05) is 22.6 Å². The number of hydrogen-bond acceptors (Lipinski definition) is 2. The highest BCUT2D eigenvalue weighted by Gasteiger charge is 2.53. The van der Waals surface area contributed by atoms with Crippen molar-refractivity contribution in [3.8, 4) is 0 Å². The van der Waals surface area contributed by atoms with Crippen molar-refractivity contribution in [2.24, 2.45) is 11.8 Å². The summed E-state index contributed by atoms with van der Waals surface area (Å²) >= 11 is 2.26. The second-order valence-electron chi connectivity index (χ2n) is 8.40. The van der Waals surface area contributed by atoms with Crippen LogP contribution in [0.1, 0.15) is 36.8 Å². The van der Waals surface area contributed by atoms with E-state index in [1.807, 2.05) is 0 Å². The van der Waals surface area contributed by atoms with E-state index in [1.165, 1.54) is 0 Å². The summed E-state index contributed by atoms with van der Waals surface area (Å²) in [4.78, 5) is 0. The lowest BCUT2D eigenvalue weighted by Gasteiger charge is -2.44. The maximum atomic E-state index is 14.8. The molecule has 1 aliphatic heterocycles. The lowest BCUT2D eigenvalue weighted by atomic mass is 9.80. The highest BCUT2D eigenvalue weighted by Crippen LogP contribution is 2.47. The van der Waals surface area contributed by atoms with E-state index >= 15 is 0 Å². The fraction of sp³-hybridized carbons (Fsp3) is 0.455. The Labute approximate surface area is 205 Å². The molecule has 0 spiro atoms. The molecule has 2 nitrogen and oxygen atoms in total. The molecule has 1 saturated carbocycles. The summed E-state index contributed by atoms with van der Waals surface area (Å²) in [5, 5.41) is 0. The summed E-state index contributed by atoms with van der Waals surface area (Å²) in [6.45, 7) is -1.15. The molecule has 2 aromatic carbocycles. The van der Waals surface area contributed by atoms with Gasteiger partial charge in [-0.2, -0.15) is 0 Å². The van der Waals surface area contributed by atoms with Gasteiger partial charge in [0.2, 0.25) is 17.4 Å². The number of alkyl halides is 1. The third-order valence-corrected chi connectivity index (χ3v) is 7.69. The molecule has 2 aliphatic rings. The number of rotatable bonds is 3. The average Bonchev–Trinajstić information content (AvgIpc) is 2.85. The van der Waals surface area contributed by atoms with Crippen LogP contribution in [0, 0.1) is 70.0 Å². The van der Waals surface area contributed by atoms with E-state index in [2.05, 4.69) is 22.6 Å². The lowest BCUT2D eigenvalue weighted by molar-refractivity contribution is -0.279. The standard InChI is InChI=1S/C22H15F10IO2/c23-12-10(13(24)17(28)20(31)16(12)27)22(11-14(25)18(29)21(32)19(30)15(11)26)34-5-8(6-35-22)7-1-3-9(33)4-2-7/h7-9H,1-6H2. The van der Waals surface area contributed by atoms with Crippen molar-refractivity contribution in [1.82, 2.24) is 0 Å². The Hall–Kier alpha value is -1.61. The van der Waals surface area contributed by atoms with Gasteiger partial charge >= 0.3 is 0 Å². The van der Waals surface area contributed by atoms with Gasteiger partial charge in [0.15, 0.2) is 46.5 Å². The van der Waals surface area contributed by atoms with Crippen LogP contribution >= 0.6 is 22.6 Å². The van der Waals surface area contributed by atoms with Crippen LogP contribution in [-0.4, -0.2) is 17.1 Å². The first kappa shape index (κ1) is 26.5. The first-order valence-electron chi connectivity index (χ1n) is 10.4. The molecule has 0 atom stereocenters. The van der Waals surface area contributed by atoms with E-state index in [1.54, 1.807) is 0 Å². The van der Waals surface area contributed by atoms with Crippen LogP contribution in [0.3, 0.4) is 0 Å². The van der Waals surface area contributed by atoms with Gasteiger partial charge in [0.25, 0.3) is 0 Å². The summed E-state index contributed by atoms with van der Waals surface area (Å²) in [5.74, 6) is -29.9. The molecule has 0 radical (unpaired) electrons.